The molecule has 1 heterocycles. The van der Waals surface area contributed by atoms with Crippen LogP contribution < -0.4 is 5.32 Å². The van der Waals surface area contributed by atoms with E-state index in [0.29, 0.717) is 12.5 Å². The van der Waals surface area contributed by atoms with E-state index in [9.17, 15) is 0 Å². The highest BCUT2D eigenvalue weighted by Crippen LogP contribution is 2.20. The Hall–Kier alpha value is -1.46. The van der Waals surface area contributed by atoms with Crippen molar-refractivity contribution in [2.45, 2.75) is 25.9 Å². The molecule has 102 valence electrons. The summed E-state index contributed by atoms with van der Waals surface area (Å²) in [5.41, 5.74) is 1.36. The van der Waals surface area contributed by atoms with Gasteiger partial charge in [0.05, 0.1) is 0 Å². The van der Waals surface area contributed by atoms with E-state index >= 15 is 0 Å². The van der Waals surface area contributed by atoms with Crippen LogP contribution in [0.5, 0.6) is 0 Å². The molecule has 2 aromatic rings. The summed E-state index contributed by atoms with van der Waals surface area (Å²) in [6.45, 7) is 3.55. The first kappa shape index (κ1) is 14.0. The van der Waals surface area contributed by atoms with Crippen LogP contribution in [0.1, 0.15) is 30.7 Å². The summed E-state index contributed by atoms with van der Waals surface area (Å²) in [7, 11) is 1.65. The highest BCUT2D eigenvalue weighted by atomic mass is 32.1. The van der Waals surface area contributed by atoms with Gasteiger partial charge in [-0.25, -0.2) is 4.98 Å². The maximum atomic E-state index is 5.01. The molecule has 0 amide bonds. The van der Waals surface area contributed by atoms with Gasteiger partial charge in [-0.15, -0.1) is 0 Å². The van der Waals surface area contributed by atoms with Crippen LogP contribution in [0.25, 0.3) is 0 Å². The zero-order chi connectivity index (χ0) is 13.5. The van der Waals surface area contributed by atoms with Gasteiger partial charge in [0.2, 0.25) is 5.13 Å². The number of nitrogens with one attached hydrogen (secondary N) is 1. The molecule has 0 spiro atoms. The van der Waals surface area contributed by atoms with Gasteiger partial charge < -0.3 is 10.1 Å². The monoisotopic (exact) mass is 277 g/mol. The Morgan fingerprint density at radius 2 is 2.11 bits per heavy atom. The van der Waals surface area contributed by atoms with Gasteiger partial charge in [0, 0.05) is 31.1 Å². The average molecular weight is 277 g/mol. The molecular formula is C14H19N3OS. The Morgan fingerprint density at radius 3 is 2.79 bits per heavy atom. The molecule has 1 aromatic heterocycles. The number of anilines is 1. The molecule has 0 fully saturated rings. The molecule has 1 unspecified atom stereocenters. The van der Waals surface area contributed by atoms with Crippen molar-refractivity contribution in [3.63, 3.8) is 0 Å². The summed E-state index contributed by atoms with van der Waals surface area (Å²) in [5, 5.41) is 4.22. The minimum absolute atomic E-state index is 0.466. The smallest absolute Gasteiger partial charge is 0.202 e. The van der Waals surface area contributed by atoms with E-state index in [2.05, 4.69) is 45.9 Å². The van der Waals surface area contributed by atoms with E-state index < -0.39 is 0 Å². The second-order valence-corrected chi connectivity index (χ2v) is 5.10. The SMILES string of the molecule is CCC(CNc1nc(COC)ns1)c1ccccc1. The zero-order valence-corrected chi connectivity index (χ0v) is 12.1. The fourth-order valence-corrected chi connectivity index (χ4v) is 2.53. The number of methoxy groups -OCH3 is 1. The van der Waals surface area contributed by atoms with Crippen LogP contribution in [0.4, 0.5) is 5.13 Å². The molecular weight excluding hydrogens is 258 g/mol. The summed E-state index contributed by atoms with van der Waals surface area (Å²) >= 11 is 1.38. The quantitative estimate of drug-likeness (QED) is 0.843. The Morgan fingerprint density at radius 1 is 1.32 bits per heavy atom. The van der Waals surface area contributed by atoms with E-state index in [-0.39, 0.29) is 0 Å². The Kier molecular flexibility index (Phi) is 5.30. The molecule has 2 rings (SSSR count). The van der Waals surface area contributed by atoms with Crippen molar-refractivity contribution < 1.29 is 4.74 Å². The standard InChI is InChI=1S/C14H19N3OS/c1-3-11(12-7-5-4-6-8-12)9-15-14-16-13(10-18-2)17-19-14/h4-8,11H,3,9-10H2,1-2H3,(H,15,16,17). The Balaban J connectivity index is 1.92. The van der Waals surface area contributed by atoms with Crippen LogP contribution >= 0.6 is 11.5 Å². The van der Waals surface area contributed by atoms with Crippen molar-refractivity contribution in [3.8, 4) is 0 Å². The third kappa shape index (κ3) is 4.01. The normalized spacial score (nSPS) is 12.3. The average Bonchev–Trinajstić information content (AvgIpc) is 2.89. The summed E-state index contributed by atoms with van der Waals surface area (Å²) < 4.78 is 9.24. The number of ether oxygens (including phenoxy) is 1. The van der Waals surface area contributed by atoms with Crippen molar-refractivity contribution >= 4 is 16.7 Å². The fourth-order valence-electron chi connectivity index (χ4n) is 1.95. The van der Waals surface area contributed by atoms with Gasteiger partial charge in [0.15, 0.2) is 5.82 Å². The van der Waals surface area contributed by atoms with Crippen LogP contribution in [0.2, 0.25) is 0 Å². The first-order valence-corrected chi connectivity index (χ1v) is 7.21. The van der Waals surface area contributed by atoms with Gasteiger partial charge in [0.25, 0.3) is 0 Å². The third-order valence-electron chi connectivity index (χ3n) is 3.00. The maximum Gasteiger partial charge on any atom is 0.202 e. The minimum Gasteiger partial charge on any atom is -0.377 e. The van der Waals surface area contributed by atoms with Gasteiger partial charge in [-0.3, -0.25) is 0 Å². The van der Waals surface area contributed by atoms with E-state index in [1.54, 1.807) is 7.11 Å². The highest BCUT2D eigenvalue weighted by Gasteiger charge is 2.10. The molecule has 1 atom stereocenters. The molecule has 1 aromatic carbocycles. The van der Waals surface area contributed by atoms with Crippen molar-refractivity contribution in [3.05, 3.63) is 41.7 Å². The Bertz CT molecular complexity index is 486. The van der Waals surface area contributed by atoms with Crippen LogP contribution in [0.3, 0.4) is 0 Å². The van der Waals surface area contributed by atoms with Gasteiger partial charge >= 0.3 is 0 Å². The summed E-state index contributed by atoms with van der Waals surface area (Å²) in [6, 6.07) is 10.6. The number of nitrogens with zero attached hydrogens (tertiary/aromatic N) is 2. The second-order valence-electron chi connectivity index (χ2n) is 4.35. The second kappa shape index (κ2) is 7.21. The van der Waals surface area contributed by atoms with Gasteiger partial charge in [-0.1, -0.05) is 37.3 Å². The van der Waals surface area contributed by atoms with Crippen molar-refractivity contribution in [1.29, 1.82) is 0 Å². The largest absolute Gasteiger partial charge is 0.377 e. The van der Waals surface area contributed by atoms with Crippen LogP contribution in [-0.4, -0.2) is 23.0 Å². The molecule has 5 heteroatoms. The molecule has 0 aliphatic carbocycles. The molecule has 0 saturated carbocycles. The van der Waals surface area contributed by atoms with Crippen molar-refractivity contribution in [2.24, 2.45) is 0 Å². The lowest BCUT2D eigenvalue weighted by molar-refractivity contribution is 0.179. The molecule has 0 aliphatic rings. The summed E-state index contributed by atoms with van der Waals surface area (Å²) in [6.07, 6.45) is 1.10. The number of aromatic nitrogens is 2. The van der Waals surface area contributed by atoms with E-state index in [1.165, 1.54) is 17.1 Å². The minimum atomic E-state index is 0.466. The fraction of sp³-hybridized carbons (Fsp3) is 0.429. The topological polar surface area (TPSA) is 47.0 Å². The number of rotatable bonds is 7. The summed E-state index contributed by atoms with van der Waals surface area (Å²) in [5.74, 6) is 1.23. The van der Waals surface area contributed by atoms with Crippen LogP contribution in [0.15, 0.2) is 30.3 Å². The third-order valence-corrected chi connectivity index (χ3v) is 3.72. The van der Waals surface area contributed by atoms with Crippen LogP contribution in [0, 0.1) is 0 Å². The molecule has 0 aliphatic heterocycles. The number of benzene rings is 1. The predicted molar refractivity (Wildman–Crippen MR) is 78.6 cm³/mol. The van der Waals surface area contributed by atoms with Gasteiger partial charge in [-0.05, 0) is 12.0 Å². The van der Waals surface area contributed by atoms with Gasteiger partial charge in [-0.2, -0.15) is 4.37 Å². The molecule has 1 N–H and O–H groups in total. The summed E-state index contributed by atoms with van der Waals surface area (Å²) in [4.78, 5) is 4.37. The van der Waals surface area contributed by atoms with Crippen molar-refractivity contribution in [1.82, 2.24) is 9.36 Å². The van der Waals surface area contributed by atoms with Gasteiger partial charge in [0.1, 0.15) is 6.61 Å². The maximum absolute atomic E-state index is 5.01. The zero-order valence-electron chi connectivity index (χ0n) is 11.3. The molecule has 0 radical (unpaired) electrons. The van der Waals surface area contributed by atoms with Crippen molar-refractivity contribution in [2.75, 3.05) is 19.0 Å². The number of hydrogen-bond acceptors (Lipinski definition) is 5. The molecule has 0 saturated heterocycles. The first-order valence-electron chi connectivity index (χ1n) is 6.43. The lowest BCUT2D eigenvalue weighted by Gasteiger charge is -2.15. The highest BCUT2D eigenvalue weighted by molar-refractivity contribution is 7.09. The van der Waals surface area contributed by atoms with E-state index in [0.717, 1.165) is 23.9 Å². The molecule has 4 nitrogen and oxygen atoms in total. The van der Waals surface area contributed by atoms with Crippen LogP contribution in [-0.2, 0) is 11.3 Å². The molecule has 19 heavy (non-hydrogen) atoms. The first-order chi connectivity index (χ1) is 9.33. The lowest BCUT2D eigenvalue weighted by Crippen LogP contribution is -2.11. The lowest BCUT2D eigenvalue weighted by atomic mass is 9.97. The van der Waals surface area contributed by atoms with E-state index in [4.69, 9.17) is 4.74 Å². The Labute approximate surface area is 118 Å². The predicted octanol–water partition coefficient (Wildman–Crippen LogP) is 3.29. The number of hydrogen-bond donors (Lipinski definition) is 1. The molecule has 0 bridgehead atoms. The van der Waals surface area contributed by atoms with E-state index in [1.807, 2.05) is 6.07 Å².